The number of nitrogens with one attached hydrogen (secondary N) is 1. The standard InChI is InChI=1S/C12H11FN2O/c1-8-2-3-10(9(13)6-8)15-11(16)12(7-14)4-5-12/h2-3,6H,4-5H2,1H3,(H,15,16). The maximum atomic E-state index is 13.4. The minimum absolute atomic E-state index is 0.136. The summed E-state index contributed by atoms with van der Waals surface area (Å²) >= 11 is 0. The first-order valence-corrected chi connectivity index (χ1v) is 5.06. The van der Waals surface area contributed by atoms with E-state index in [0.717, 1.165) is 5.56 Å². The topological polar surface area (TPSA) is 52.9 Å². The van der Waals surface area contributed by atoms with Crippen molar-refractivity contribution >= 4 is 11.6 Å². The molecule has 16 heavy (non-hydrogen) atoms. The minimum atomic E-state index is -0.919. The van der Waals surface area contributed by atoms with E-state index >= 15 is 0 Å². The van der Waals surface area contributed by atoms with Crippen LogP contribution in [0.3, 0.4) is 0 Å². The van der Waals surface area contributed by atoms with Crippen LogP contribution in [0.2, 0.25) is 0 Å². The second-order valence-electron chi connectivity index (χ2n) is 4.13. The molecule has 1 aliphatic rings. The fourth-order valence-corrected chi connectivity index (χ4v) is 1.48. The summed E-state index contributed by atoms with van der Waals surface area (Å²) in [6, 6.07) is 6.54. The highest BCUT2D eigenvalue weighted by atomic mass is 19.1. The molecule has 0 saturated heterocycles. The molecule has 1 aromatic carbocycles. The Morgan fingerprint density at radius 3 is 2.75 bits per heavy atom. The van der Waals surface area contributed by atoms with Crippen molar-refractivity contribution in [2.24, 2.45) is 5.41 Å². The molecule has 1 aliphatic carbocycles. The van der Waals surface area contributed by atoms with Gasteiger partial charge in [-0.25, -0.2) is 4.39 Å². The number of nitriles is 1. The van der Waals surface area contributed by atoms with Gasteiger partial charge in [0.1, 0.15) is 11.2 Å². The zero-order valence-corrected chi connectivity index (χ0v) is 8.88. The highest BCUT2D eigenvalue weighted by molar-refractivity contribution is 5.99. The molecule has 0 unspecified atom stereocenters. The third kappa shape index (κ3) is 1.76. The first kappa shape index (κ1) is 10.6. The first-order chi connectivity index (χ1) is 7.57. The summed E-state index contributed by atoms with van der Waals surface area (Å²) in [4.78, 5) is 11.7. The summed E-state index contributed by atoms with van der Waals surface area (Å²) in [5.41, 5.74) is 0.00572. The Labute approximate surface area is 92.9 Å². The average molecular weight is 218 g/mol. The number of carbonyl (C=O) groups is 1. The van der Waals surface area contributed by atoms with Gasteiger partial charge in [0, 0.05) is 0 Å². The fraction of sp³-hybridized carbons (Fsp3) is 0.333. The molecule has 0 radical (unpaired) electrons. The highest BCUT2D eigenvalue weighted by Gasteiger charge is 2.50. The summed E-state index contributed by atoms with van der Waals surface area (Å²) in [5.74, 6) is -0.875. The number of carbonyl (C=O) groups excluding carboxylic acids is 1. The minimum Gasteiger partial charge on any atom is -0.322 e. The zero-order valence-electron chi connectivity index (χ0n) is 8.88. The summed E-state index contributed by atoms with van der Waals surface area (Å²) in [5, 5.41) is 11.3. The molecule has 1 saturated carbocycles. The van der Waals surface area contributed by atoms with Crippen LogP contribution in [0.4, 0.5) is 10.1 Å². The molecule has 0 atom stereocenters. The lowest BCUT2D eigenvalue weighted by atomic mass is 10.1. The molecule has 82 valence electrons. The Bertz CT molecular complexity index is 486. The van der Waals surface area contributed by atoms with Gasteiger partial charge in [0.15, 0.2) is 0 Å². The monoisotopic (exact) mass is 218 g/mol. The van der Waals surface area contributed by atoms with Gasteiger partial charge in [-0.1, -0.05) is 6.07 Å². The Morgan fingerprint density at radius 1 is 1.56 bits per heavy atom. The van der Waals surface area contributed by atoms with Gasteiger partial charge < -0.3 is 5.32 Å². The molecule has 0 spiro atoms. The molecule has 1 fully saturated rings. The number of amides is 1. The fourth-order valence-electron chi connectivity index (χ4n) is 1.48. The average Bonchev–Trinajstić information content (AvgIpc) is 3.03. The van der Waals surface area contributed by atoms with Gasteiger partial charge in [0.05, 0.1) is 11.8 Å². The van der Waals surface area contributed by atoms with E-state index in [2.05, 4.69) is 5.32 Å². The molecule has 0 aromatic heterocycles. The quantitative estimate of drug-likeness (QED) is 0.828. The Kier molecular flexibility index (Phi) is 2.39. The molecule has 1 aromatic rings. The van der Waals surface area contributed by atoms with Gasteiger partial charge in [-0.2, -0.15) is 5.26 Å². The van der Waals surface area contributed by atoms with Crippen LogP contribution in [-0.4, -0.2) is 5.91 Å². The molecule has 3 nitrogen and oxygen atoms in total. The lowest BCUT2D eigenvalue weighted by Gasteiger charge is -2.09. The van der Waals surface area contributed by atoms with Gasteiger partial charge in [0.2, 0.25) is 5.91 Å². The smallest absolute Gasteiger partial charge is 0.244 e. The summed E-state index contributed by atoms with van der Waals surface area (Å²) in [6.07, 6.45) is 1.12. The second kappa shape index (κ2) is 3.60. The molecule has 0 aliphatic heterocycles. The van der Waals surface area contributed by atoms with Gasteiger partial charge in [0.25, 0.3) is 0 Å². The van der Waals surface area contributed by atoms with Crippen molar-refractivity contribution in [2.75, 3.05) is 5.32 Å². The predicted molar refractivity (Wildman–Crippen MR) is 57.0 cm³/mol. The molecule has 4 heteroatoms. The Balaban J connectivity index is 2.16. The van der Waals surface area contributed by atoms with Crippen LogP contribution in [0.5, 0.6) is 0 Å². The lowest BCUT2D eigenvalue weighted by Crippen LogP contribution is -2.23. The van der Waals surface area contributed by atoms with Crippen LogP contribution < -0.4 is 5.32 Å². The van der Waals surface area contributed by atoms with Crippen LogP contribution in [0.1, 0.15) is 18.4 Å². The summed E-state index contributed by atoms with van der Waals surface area (Å²) in [7, 11) is 0. The van der Waals surface area contributed by atoms with Gasteiger partial charge in [-0.05, 0) is 37.5 Å². The zero-order chi connectivity index (χ0) is 11.8. The number of hydrogen-bond donors (Lipinski definition) is 1. The van der Waals surface area contributed by atoms with E-state index in [9.17, 15) is 9.18 Å². The van der Waals surface area contributed by atoms with Crippen LogP contribution in [0, 0.1) is 29.5 Å². The van der Waals surface area contributed by atoms with E-state index in [0.29, 0.717) is 12.8 Å². The number of benzene rings is 1. The SMILES string of the molecule is Cc1ccc(NC(=O)C2(C#N)CC2)c(F)c1. The van der Waals surface area contributed by atoms with Crippen LogP contribution in [0.25, 0.3) is 0 Å². The van der Waals surface area contributed by atoms with Gasteiger partial charge >= 0.3 is 0 Å². The third-order valence-electron chi connectivity index (χ3n) is 2.77. The van der Waals surface area contributed by atoms with Gasteiger partial charge in [-0.15, -0.1) is 0 Å². The maximum absolute atomic E-state index is 13.4. The number of hydrogen-bond acceptors (Lipinski definition) is 2. The van der Waals surface area contributed by atoms with Crippen molar-refractivity contribution < 1.29 is 9.18 Å². The molecule has 1 amide bonds. The van der Waals surface area contributed by atoms with E-state index in [-0.39, 0.29) is 5.69 Å². The van der Waals surface area contributed by atoms with E-state index in [1.807, 2.05) is 6.07 Å². The van der Waals surface area contributed by atoms with Crippen molar-refractivity contribution in [3.63, 3.8) is 0 Å². The number of aryl methyl sites for hydroxylation is 1. The normalized spacial score (nSPS) is 16.3. The number of anilines is 1. The third-order valence-corrected chi connectivity index (χ3v) is 2.77. The Hall–Kier alpha value is -1.89. The van der Waals surface area contributed by atoms with Crippen molar-refractivity contribution in [3.8, 4) is 6.07 Å². The molecule has 0 bridgehead atoms. The summed E-state index contributed by atoms with van der Waals surface area (Å²) < 4.78 is 13.4. The molecule has 1 N–H and O–H groups in total. The second-order valence-corrected chi connectivity index (χ2v) is 4.13. The number of rotatable bonds is 2. The van der Waals surface area contributed by atoms with Crippen molar-refractivity contribution in [1.29, 1.82) is 5.26 Å². The summed E-state index contributed by atoms with van der Waals surface area (Å²) in [6.45, 7) is 1.77. The molecule has 0 heterocycles. The number of nitrogens with zero attached hydrogens (tertiary/aromatic N) is 1. The molecular weight excluding hydrogens is 207 g/mol. The Morgan fingerprint density at radius 2 is 2.25 bits per heavy atom. The van der Waals surface area contributed by atoms with E-state index < -0.39 is 17.1 Å². The highest BCUT2D eigenvalue weighted by Crippen LogP contribution is 2.45. The maximum Gasteiger partial charge on any atom is 0.244 e. The molecular formula is C12H11FN2O. The van der Waals surface area contributed by atoms with E-state index in [1.54, 1.807) is 13.0 Å². The lowest BCUT2D eigenvalue weighted by molar-refractivity contribution is -0.119. The van der Waals surface area contributed by atoms with Crippen LogP contribution in [-0.2, 0) is 4.79 Å². The van der Waals surface area contributed by atoms with Crippen molar-refractivity contribution in [1.82, 2.24) is 0 Å². The first-order valence-electron chi connectivity index (χ1n) is 5.06. The van der Waals surface area contributed by atoms with Gasteiger partial charge in [-0.3, -0.25) is 4.79 Å². The van der Waals surface area contributed by atoms with Crippen LogP contribution >= 0.6 is 0 Å². The van der Waals surface area contributed by atoms with E-state index in [4.69, 9.17) is 5.26 Å². The van der Waals surface area contributed by atoms with E-state index in [1.165, 1.54) is 12.1 Å². The van der Waals surface area contributed by atoms with Crippen LogP contribution in [0.15, 0.2) is 18.2 Å². The largest absolute Gasteiger partial charge is 0.322 e. The van der Waals surface area contributed by atoms with Crippen molar-refractivity contribution in [2.45, 2.75) is 19.8 Å². The molecule has 2 rings (SSSR count). The number of halogens is 1. The predicted octanol–water partition coefficient (Wildman–Crippen LogP) is 2.38. The van der Waals surface area contributed by atoms with Crippen molar-refractivity contribution in [3.05, 3.63) is 29.6 Å².